The van der Waals surface area contributed by atoms with E-state index in [0.29, 0.717) is 0 Å². The molecule has 0 heterocycles. The Morgan fingerprint density at radius 3 is 1.70 bits per heavy atom. The molecule has 52 valence electrons. The van der Waals surface area contributed by atoms with Crippen LogP contribution in [-0.4, -0.2) is 0 Å². The molecule has 2 heteroatoms. The zero-order valence-corrected chi connectivity index (χ0v) is 11.0. The normalized spacial score (nSPS) is 7.40. The van der Waals surface area contributed by atoms with Crippen LogP contribution in [0.4, 0.5) is 0 Å². The molecule has 0 spiro atoms. The molecule has 0 amide bonds. The number of rotatable bonds is 0. The molecule has 1 rings (SSSR count). The molecule has 0 aliphatic heterocycles. The molecule has 0 saturated heterocycles. The van der Waals surface area contributed by atoms with Gasteiger partial charge in [0.25, 0.3) is 0 Å². The summed E-state index contributed by atoms with van der Waals surface area (Å²) in [5.41, 5.74) is 2.43. The van der Waals surface area contributed by atoms with Gasteiger partial charge in [-0.25, -0.2) is 0 Å². The van der Waals surface area contributed by atoms with E-state index in [1.165, 1.54) is 11.1 Å². The van der Waals surface area contributed by atoms with Crippen LogP contribution in [0.5, 0.6) is 0 Å². The fourth-order valence-corrected chi connectivity index (χ4v) is 0.731. The van der Waals surface area contributed by atoms with E-state index in [4.69, 9.17) is 0 Å². The van der Waals surface area contributed by atoms with Crippen molar-refractivity contribution in [3.05, 3.63) is 35.4 Å². The van der Waals surface area contributed by atoms with E-state index < -0.39 is 0 Å². The molecule has 0 N–H and O–H groups in total. The van der Waals surface area contributed by atoms with Gasteiger partial charge < -0.3 is 0 Å². The van der Waals surface area contributed by atoms with E-state index >= 15 is 0 Å². The Kier molecular flexibility index (Phi) is 7.85. The maximum absolute atomic E-state index is 3.17. The maximum Gasteiger partial charge on any atom is 0 e. The molecule has 0 fully saturated rings. The van der Waals surface area contributed by atoms with Crippen LogP contribution in [0.25, 0.3) is 0 Å². The van der Waals surface area contributed by atoms with E-state index in [1.807, 2.05) is 32.0 Å². The van der Waals surface area contributed by atoms with Gasteiger partial charge in [0.15, 0.2) is 0 Å². The van der Waals surface area contributed by atoms with Crippen LogP contribution in [0.1, 0.15) is 11.1 Å². The average molecular weight is 251 g/mol. The third-order valence-corrected chi connectivity index (χ3v) is 1.09. The van der Waals surface area contributed by atoms with Crippen LogP contribution in [0.2, 0.25) is 0 Å². The Hall–Kier alpha value is 0.323. The van der Waals surface area contributed by atoms with Crippen LogP contribution in [-0.2, 0) is 19.5 Å². The fourth-order valence-electron chi connectivity index (χ4n) is 0.731. The minimum Gasteiger partial charge on any atom is -0.177 e. The van der Waals surface area contributed by atoms with Gasteiger partial charge in [-0.1, -0.05) is 13.8 Å². The predicted molar refractivity (Wildman–Crippen MR) is 45.1 cm³/mol. The van der Waals surface area contributed by atoms with Crippen molar-refractivity contribution >= 4 is 17.0 Å². The second kappa shape index (κ2) is 6.06. The van der Waals surface area contributed by atoms with Crippen LogP contribution in [0, 0.1) is 19.9 Å². The van der Waals surface area contributed by atoms with Gasteiger partial charge in [-0.3, -0.25) is 0 Å². The van der Waals surface area contributed by atoms with E-state index in [9.17, 15) is 0 Å². The molecule has 0 aromatic heterocycles. The molecule has 10 heavy (non-hydrogen) atoms. The maximum atomic E-state index is 3.17. The van der Waals surface area contributed by atoms with Crippen LogP contribution in [0.15, 0.2) is 18.2 Å². The first kappa shape index (κ1) is 13.0. The summed E-state index contributed by atoms with van der Waals surface area (Å²) in [4.78, 5) is 0. The summed E-state index contributed by atoms with van der Waals surface area (Å²) in [7, 11) is 0. The van der Waals surface area contributed by atoms with Crippen LogP contribution >= 0.6 is 17.0 Å². The zero-order chi connectivity index (χ0) is 5.98. The summed E-state index contributed by atoms with van der Waals surface area (Å²) in [6.07, 6.45) is 0. The molecular weight excluding hydrogens is 241 g/mol. The van der Waals surface area contributed by atoms with Gasteiger partial charge >= 0.3 is 0 Å². The summed E-state index contributed by atoms with van der Waals surface area (Å²) in [5, 5.41) is 0. The first-order chi connectivity index (χ1) is 3.79. The molecule has 0 aliphatic carbocycles. The number of aryl methyl sites for hydroxylation is 2. The molecule has 0 atom stereocenters. The largest absolute Gasteiger partial charge is 0.177 e. The summed E-state index contributed by atoms with van der Waals surface area (Å²) in [6, 6.07) is 9.31. The molecule has 0 saturated carbocycles. The summed E-state index contributed by atoms with van der Waals surface area (Å²) in [5.74, 6) is 0. The molecular formula is C8H10BrZn-. The Labute approximate surface area is 85.6 Å². The molecule has 0 nitrogen and oxygen atoms in total. The summed E-state index contributed by atoms with van der Waals surface area (Å²) in [6.45, 7) is 4.10. The van der Waals surface area contributed by atoms with Crippen LogP contribution in [0.3, 0.4) is 0 Å². The van der Waals surface area contributed by atoms with Crippen molar-refractivity contribution in [1.82, 2.24) is 0 Å². The topological polar surface area (TPSA) is 0 Å². The van der Waals surface area contributed by atoms with Crippen LogP contribution < -0.4 is 0 Å². The van der Waals surface area contributed by atoms with E-state index in [-0.39, 0.29) is 36.5 Å². The minimum atomic E-state index is 0. The Bertz CT molecular complexity index is 169. The SMILES string of the molecule is Br.Cc1[c-]c(C)ccc1.[Zn]. The molecule has 0 unspecified atom stereocenters. The van der Waals surface area contributed by atoms with Crippen molar-refractivity contribution in [3.63, 3.8) is 0 Å². The second-order valence-corrected chi connectivity index (χ2v) is 2.02. The van der Waals surface area contributed by atoms with Crippen molar-refractivity contribution in [1.29, 1.82) is 0 Å². The standard InChI is InChI=1S/C8H9.BrH.Zn/c1-7-4-3-5-8(2)6-7;;/h3-5H,1-2H3;1H;/q-1;;. The molecule has 0 aliphatic rings. The summed E-state index contributed by atoms with van der Waals surface area (Å²) < 4.78 is 0. The van der Waals surface area contributed by atoms with Gasteiger partial charge in [-0.2, -0.15) is 35.4 Å². The van der Waals surface area contributed by atoms with E-state index in [1.54, 1.807) is 0 Å². The number of hydrogen-bond donors (Lipinski definition) is 0. The molecule has 0 radical (unpaired) electrons. The van der Waals surface area contributed by atoms with Crippen molar-refractivity contribution < 1.29 is 19.5 Å². The average Bonchev–Trinajstić information content (AvgIpc) is 1.64. The monoisotopic (exact) mass is 249 g/mol. The van der Waals surface area contributed by atoms with Gasteiger partial charge in [0.1, 0.15) is 0 Å². The van der Waals surface area contributed by atoms with Crippen molar-refractivity contribution in [2.45, 2.75) is 13.8 Å². The van der Waals surface area contributed by atoms with E-state index in [0.717, 1.165) is 0 Å². The fraction of sp³-hybridized carbons (Fsp3) is 0.250. The molecule has 1 aromatic rings. The Balaban J connectivity index is 0. The quantitative estimate of drug-likeness (QED) is 0.491. The van der Waals surface area contributed by atoms with Gasteiger partial charge in [0.05, 0.1) is 0 Å². The Morgan fingerprint density at radius 1 is 1.10 bits per heavy atom. The van der Waals surface area contributed by atoms with Gasteiger partial charge in [0, 0.05) is 19.5 Å². The van der Waals surface area contributed by atoms with Gasteiger partial charge in [-0.05, 0) is 0 Å². The predicted octanol–water partition coefficient (Wildman–Crippen LogP) is 2.68. The first-order valence-corrected chi connectivity index (χ1v) is 2.74. The number of hydrogen-bond acceptors (Lipinski definition) is 0. The minimum absolute atomic E-state index is 0. The van der Waals surface area contributed by atoms with Crippen molar-refractivity contribution in [3.8, 4) is 0 Å². The zero-order valence-electron chi connectivity index (χ0n) is 6.35. The van der Waals surface area contributed by atoms with Crippen molar-refractivity contribution in [2.24, 2.45) is 0 Å². The molecule has 0 bridgehead atoms. The smallest absolute Gasteiger partial charge is 0 e. The number of benzene rings is 1. The molecule has 1 aromatic carbocycles. The van der Waals surface area contributed by atoms with E-state index in [2.05, 4.69) is 6.07 Å². The van der Waals surface area contributed by atoms with Crippen molar-refractivity contribution in [2.75, 3.05) is 0 Å². The second-order valence-electron chi connectivity index (χ2n) is 2.02. The third-order valence-electron chi connectivity index (χ3n) is 1.09. The third kappa shape index (κ3) is 4.19. The first-order valence-electron chi connectivity index (χ1n) is 2.74. The Morgan fingerprint density at radius 2 is 1.50 bits per heavy atom. The van der Waals surface area contributed by atoms with Gasteiger partial charge in [-0.15, -0.1) is 17.0 Å². The number of halogens is 1. The summed E-state index contributed by atoms with van der Waals surface area (Å²) >= 11 is 0. The van der Waals surface area contributed by atoms with Gasteiger partial charge in [0.2, 0.25) is 0 Å².